The van der Waals surface area contributed by atoms with Gasteiger partial charge in [-0.05, 0) is 36.5 Å². The molecule has 2 fully saturated rings. The minimum absolute atomic E-state index is 0.156. The maximum atomic E-state index is 13.7. The standard InChI is InChI=1S/C40H50F4N8O2/c1-37(2,3)31(51-35(53)25-11-15-39(41,42)16-12-25)33-47-20-28(49-33)24-9-7-23(8-10-24)27-19-46-29(21-45-27)30-22-48-34(50-30)32(38(4,5)6)52-36(54)26-13-17-40(43,44)18-14-26/h7-10,19-22,25-26,31-32H,11-18H2,1-6H3,(H,47,49)(H,48,50)(H,51,53)(H,52,54)/t31-,32-/m1/s1. The van der Waals surface area contributed by atoms with Crippen LogP contribution in [0.5, 0.6) is 0 Å². The van der Waals surface area contributed by atoms with Crippen molar-refractivity contribution in [3.63, 3.8) is 0 Å². The highest BCUT2D eigenvalue weighted by atomic mass is 19.3. The summed E-state index contributed by atoms with van der Waals surface area (Å²) in [6.45, 7) is 11.9. The van der Waals surface area contributed by atoms with Crippen LogP contribution in [0.3, 0.4) is 0 Å². The van der Waals surface area contributed by atoms with Gasteiger partial charge in [0, 0.05) is 61.0 Å². The van der Waals surface area contributed by atoms with E-state index in [0.717, 1.165) is 11.1 Å². The number of aromatic nitrogens is 6. The molecule has 4 N–H and O–H groups in total. The normalized spacial score (nSPS) is 19.2. The maximum absolute atomic E-state index is 13.7. The lowest BCUT2D eigenvalue weighted by Crippen LogP contribution is -2.42. The second-order valence-corrected chi connectivity index (χ2v) is 17.1. The molecule has 0 aliphatic heterocycles. The van der Waals surface area contributed by atoms with E-state index in [-0.39, 0.29) is 68.6 Å². The van der Waals surface area contributed by atoms with E-state index < -0.39 is 41.2 Å². The Hall–Kier alpha value is -4.62. The van der Waals surface area contributed by atoms with Crippen LogP contribution in [-0.4, -0.2) is 53.6 Å². The molecule has 2 saturated carbocycles. The quantitative estimate of drug-likeness (QED) is 0.126. The van der Waals surface area contributed by atoms with Gasteiger partial charge in [-0.1, -0.05) is 65.8 Å². The van der Waals surface area contributed by atoms with E-state index in [1.54, 1.807) is 24.8 Å². The fourth-order valence-electron chi connectivity index (χ4n) is 7.18. The Balaban J connectivity index is 1.10. The SMILES string of the molecule is CC(C)(C)[C@H](NC(=O)C1CCC(F)(F)CC1)c1nc(-c2ccc(-c3cnc(-c4c[nH]c([C@@H](NC(=O)C5CCC(F)(F)CC5)C(C)(C)C)n4)cn3)cc2)c[nH]1. The monoisotopic (exact) mass is 750 g/mol. The summed E-state index contributed by atoms with van der Waals surface area (Å²) in [6.07, 6.45) is 6.33. The number of hydrogen-bond acceptors (Lipinski definition) is 6. The summed E-state index contributed by atoms with van der Waals surface area (Å²) in [6, 6.07) is 6.78. The van der Waals surface area contributed by atoms with Crippen molar-refractivity contribution in [2.45, 2.75) is 117 Å². The zero-order valence-electron chi connectivity index (χ0n) is 31.7. The highest BCUT2D eigenvalue weighted by Crippen LogP contribution is 2.40. The predicted octanol–water partition coefficient (Wildman–Crippen LogP) is 8.98. The van der Waals surface area contributed by atoms with Gasteiger partial charge < -0.3 is 20.6 Å². The Kier molecular flexibility index (Phi) is 10.8. The first-order valence-corrected chi connectivity index (χ1v) is 18.7. The van der Waals surface area contributed by atoms with Crippen molar-refractivity contribution in [3.05, 3.63) is 60.7 Å². The number of alkyl halides is 4. The molecule has 3 aromatic heterocycles. The molecule has 6 rings (SSSR count). The Bertz CT molecular complexity index is 1770. The van der Waals surface area contributed by atoms with E-state index in [2.05, 4.69) is 30.6 Å². The number of halogens is 4. The van der Waals surface area contributed by atoms with Crippen LogP contribution in [0, 0.1) is 22.7 Å². The second-order valence-electron chi connectivity index (χ2n) is 17.1. The summed E-state index contributed by atoms with van der Waals surface area (Å²) in [4.78, 5) is 51.4. The van der Waals surface area contributed by atoms with Crippen LogP contribution in [0.2, 0.25) is 0 Å². The third-order valence-corrected chi connectivity index (χ3v) is 10.6. The molecule has 0 radical (unpaired) electrons. The molecule has 2 aliphatic carbocycles. The molecule has 4 aromatic rings. The summed E-state index contributed by atoms with van der Waals surface area (Å²) in [5.41, 5.74) is 3.33. The minimum Gasteiger partial charge on any atom is -0.346 e. The van der Waals surface area contributed by atoms with E-state index in [4.69, 9.17) is 9.97 Å². The third-order valence-electron chi connectivity index (χ3n) is 10.6. The van der Waals surface area contributed by atoms with Gasteiger partial charge in [0.1, 0.15) is 23.0 Å². The Labute approximate surface area is 313 Å². The number of benzene rings is 1. The number of rotatable bonds is 9. The number of carbonyl (C=O) groups excluding carboxylic acids is 2. The zero-order chi connectivity index (χ0) is 39.1. The van der Waals surface area contributed by atoms with E-state index in [0.29, 0.717) is 34.4 Å². The molecule has 0 spiro atoms. The Morgan fingerprint density at radius 3 is 1.41 bits per heavy atom. The first kappa shape index (κ1) is 39.1. The van der Waals surface area contributed by atoms with Crippen molar-refractivity contribution in [1.29, 1.82) is 0 Å². The summed E-state index contributed by atoms with van der Waals surface area (Å²) in [5.74, 6) is -5.63. The van der Waals surface area contributed by atoms with Gasteiger partial charge in [0.05, 0.1) is 35.9 Å². The Morgan fingerprint density at radius 1 is 0.630 bits per heavy atom. The first-order chi connectivity index (χ1) is 25.3. The number of nitrogens with one attached hydrogen (secondary N) is 4. The largest absolute Gasteiger partial charge is 0.346 e. The molecule has 2 amide bonds. The van der Waals surface area contributed by atoms with E-state index in [1.165, 1.54) is 0 Å². The summed E-state index contributed by atoms with van der Waals surface area (Å²) < 4.78 is 54.7. The molecule has 1 aromatic carbocycles. The maximum Gasteiger partial charge on any atom is 0.248 e. The summed E-state index contributed by atoms with van der Waals surface area (Å²) >= 11 is 0. The molecule has 0 saturated heterocycles. The highest BCUT2D eigenvalue weighted by molar-refractivity contribution is 5.80. The number of H-pyrrole nitrogens is 2. The first-order valence-electron chi connectivity index (χ1n) is 18.7. The van der Waals surface area contributed by atoms with E-state index >= 15 is 0 Å². The third kappa shape index (κ3) is 9.18. The molecule has 290 valence electrons. The van der Waals surface area contributed by atoms with Crippen LogP contribution in [0.15, 0.2) is 49.1 Å². The van der Waals surface area contributed by atoms with Crippen molar-refractivity contribution in [2.75, 3.05) is 0 Å². The molecule has 0 bridgehead atoms. The molecule has 3 heterocycles. The lowest BCUT2D eigenvalue weighted by atomic mass is 9.83. The number of nitrogens with zero attached hydrogens (tertiary/aromatic N) is 4. The number of amides is 2. The topological polar surface area (TPSA) is 141 Å². The molecule has 14 heteroatoms. The minimum atomic E-state index is -2.70. The molecule has 2 aliphatic rings. The smallest absolute Gasteiger partial charge is 0.248 e. The summed E-state index contributed by atoms with van der Waals surface area (Å²) in [5, 5.41) is 6.14. The predicted molar refractivity (Wildman–Crippen MR) is 197 cm³/mol. The van der Waals surface area contributed by atoms with Crippen LogP contribution >= 0.6 is 0 Å². The van der Waals surface area contributed by atoms with Crippen LogP contribution in [0.25, 0.3) is 33.9 Å². The van der Waals surface area contributed by atoms with Gasteiger partial charge in [0.2, 0.25) is 23.7 Å². The number of aromatic amines is 2. The number of hydrogen-bond donors (Lipinski definition) is 4. The van der Waals surface area contributed by atoms with Gasteiger partial charge in [0.25, 0.3) is 0 Å². The van der Waals surface area contributed by atoms with Gasteiger partial charge in [-0.3, -0.25) is 19.6 Å². The molecular formula is C40H50F4N8O2. The highest BCUT2D eigenvalue weighted by Gasteiger charge is 2.41. The molecule has 0 unspecified atom stereocenters. The second kappa shape index (κ2) is 14.9. The van der Waals surface area contributed by atoms with E-state index in [9.17, 15) is 27.2 Å². The van der Waals surface area contributed by atoms with Crippen molar-refractivity contribution in [2.24, 2.45) is 22.7 Å². The van der Waals surface area contributed by atoms with Crippen LogP contribution in [0.1, 0.15) is 117 Å². The van der Waals surface area contributed by atoms with Gasteiger partial charge >= 0.3 is 0 Å². The van der Waals surface area contributed by atoms with Crippen molar-refractivity contribution < 1.29 is 27.2 Å². The number of carbonyl (C=O) groups is 2. The fourth-order valence-corrected chi connectivity index (χ4v) is 7.18. The van der Waals surface area contributed by atoms with Gasteiger partial charge in [-0.15, -0.1) is 0 Å². The molecule has 2 atom stereocenters. The fraction of sp³-hybridized carbons (Fsp3) is 0.550. The van der Waals surface area contributed by atoms with Crippen LogP contribution in [0.4, 0.5) is 17.6 Å². The Morgan fingerprint density at radius 2 is 1.00 bits per heavy atom. The van der Waals surface area contributed by atoms with Gasteiger partial charge in [-0.25, -0.2) is 27.5 Å². The number of imidazole rings is 2. The molecule has 10 nitrogen and oxygen atoms in total. The van der Waals surface area contributed by atoms with Crippen molar-refractivity contribution in [1.82, 2.24) is 40.5 Å². The average Bonchev–Trinajstić information content (AvgIpc) is 3.79. The van der Waals surface area contributed by atoms with Gasteiger partial charge in [-0.2, -0.15) is 0 Å². The van der Waals surface area contributed by atoms with Crippen LogP contribution in [-0.2, 0) is 9.59 Å². The average molecular weight is 751 g/mol. The van der Waals surface area contributed by atoms with E-state index in [1.807, 2.05) is 65.8 Å². The van der Waals surface area contributed by atoms with Gasteiger partial charge in [0.15, 0.2) is 0 Å². The van der Waals surface area contributed by atoms with Crippen LogP contribution < -0.4 is 10.6 Å². The lowest BCUT2D eigenvalue weighted by molar-refractivity contribution is -0.131. The summed E-state index contributed by atoms with van der Waals surface area (Å²) in [7, 11) is 0. The van der Waals surface area contributed by atoms with Crippen molar-refractivity contribution >= 4 is 11.8 Å². The molecule has 54 heavy (non-hydrogen) atoms. The zero-order valence-corrected chi connectivity index (χ0v) is 31.7. The lowest BCUT2D eigenvalue weighted by Gasteiger charge is -2.33. The molecular weight excluding hydrogens is 700 g/mol. The van der Waals surface area contributed by atoms with Crippen molar-refractivity contribution in [3.8, 4) is 33.9 Å².